The zero-order chi connectivity index (χ0) is 29.2. The van der Waals surface area contributed by atoms with E-state index in [1.54, 1.807) is 37.5 Å². The van der Waals surface area contributed by atoms with Crippen LogP contribution in [0.5, 0.6) is 23.0 Å². The average molecular weight is 545 g/mol. The number of carbonyl (C=O) groups excluding carboxylic acids is 1. The lowest BCUT2D eigenvalue weighted by Gasteiger charge is -2.24. The second-order valence-electron chi connectivity index (χ2n) is 10.0. The number of phenols is 1. The van der Waals surface area contributed by atoms with E-state index in [9.17, 15) is 9.90 Å². The van der Waals surface area contributed by atoms with Crippen LogP contribution in [0.15, 0.2) is 65.7 Å². The molecule has 0 fully saturated rings. The average Bonchev–Trinajstić information content (AvgIpc) is 2.99. The van der Waals surface area contributed by atoms with Gasteiger partial charge in [0, 0.05) is 18.1 Å². The monoisotopic (exact) mass is 544 g/mol. The molecular weight excluding hydrogens is 500 g/mol. The van der Waals surface area contributed by atoms with Crippen molar-refractivity contribution in [2.24, 2.45) is 5.92 Å². The summed E-state index contributed by atoms with van der Waals surface area (Å²) in [5.41, 5.74) is 6.49. The highest BCUT2D eigenvalue weighted by molar-refractivity contribution is 6.16. The van der Waals surface area contributed by atoms with Crippen LogP contribution in [0.1, 0.15) is 92.9 Å². The molecule has 2 aliphatic rings. The number of benzene rings is 3. The van der Waals surface area contributed by atoms with E-state index in [0.717, 1.165) is 17.0 Å². The summed E-state index contributed by atoms with van der Waals surface area (Å²) in [7, 11) is 3.13. The zero-order valence-corrected chi connectivity index (χ0v) is 25.1. The highest BCUT2D eigenvalue weighted by atomic mass is 16.5. The van der Waals surface area contributed by atoms with Crippen LogP contribution in [0, 0.1) is 5.92 Å². The van der Waals surface area contributed by atoms with Crippen molar-refractivity contribution in [2.45, 2.75) is 73.3 Å². The van der Waals surface area contributed by atoms with Crippen molar-refractivity contribution in [3.63, 3.8) is 0 Å². The number of rotatable bonds is 6. The largest absolute Gasteiger partial charge is 0.507 e. The van der Waals surface area contributed by atoms with E-state index in [1.807, 2.05) is 50.2 Å². The van der Waals surface area contributed by atoms with E-state index < -0.39 is 0 Å². The minimum atomic E-state index is -0.279. The first-order valence-corrected chi connectivity index (χ1v) is 14.3. The molecule has 0 heterocycles. The zero-order valence-electron chi connectivity index (χ0n) is 25.1. The van der Waals surface area contributed by atoms with Crippen molar-refractivity contribution >= 4 is 5.78 Å². The highest BCUT2D eigenvalue weighted by Crippen LogP contribution is 2.42. The van der Waals surface area contributed by atoms with E-state index in [1.165, 1.54) is 31.7 Å². The maximum atomic E-state index is 13.3. The van der Waals surface area contributed by atoms with E-state index in [0.29, 0.717) is 41.4 Å². The third-order valence-corrected chi connectivity index (χ3v) is 7.80. The number of fused-ring (bicyclic) bond motifs is 2. The number of allylic oxidation sites excluding steroid dienone is 2. The van der Waals surface area contributed by atoms with Crippen molar-refractivity contribution in [1.82, 2.24) is 0 Å². The summed E-state index contributed by atoms with van der Waals surface area (Å²) in [6.45, 7) is 11.2. The number of hydrogen-bond acceptors (Lipinski definition) is 5. The van der Waals surface area contributed by atoms with E-state index in [4.69, 9.17) is 14.2 Å². The molecule has 5 rings (SSSR count). The Bertz CT molecular complexity index is 1320. The van der Waals surface area contributed by atoms with Gasteiger partial charge in [0.1, 0.15) is 29.6 Å². The quantitative estimate of drug-likeness (QED) is 0.246. The number of phenolic OH excluding ortho intramolecular Hbond substituents is 1. The Morgan fingerprint density at radius 2 is 1.65 bits per heavy atom. The van der Waals surface area contributed by atoms with Crippen molar-refractivity contribution in [3.8, 4) is 23.0 Å². The maximum Gasteiger partial charge on any atom is 0.201 e. The summed E-state index contributed by atoms with van der Waals surface area (Å²) in [6, 6.07) is 16.4. The lowest BCUT2D eigenvalue weighted by molar-refractivity contribution is 0.102. The molecule has 0 spiro atoms. The standard InChI is InChI=1S/C23H20O5.C10H18.C2H6/c1-26-16-10-15-11-17-19(27-2)9-8-18(24)22(17)23(25)21(15)20(12-16)28-13-14-6-4-3-5-7-14;1-4-10-7-5-6-8(2)9(10)3;1-2/h3-10,12,24H,11,13H2,1-2H3;10H,4-7H2,1-3H3;1-2H3. The van der Waals surface area contributed by atoms with Gasteiger partial charge in [-0.05, 0) is 74.8 Å². The van der Waals surface area contributed by atoms with E-state index in [-0.39, 0.29) is 17.1 Å². The second-order valence-corrected chi connectivity index (χ2v) is 10.0. The van der Waals surface area contributed by atoms with Gasteiger partial charge >= 0.3 is 0 Å². The van der Waals surface area contributed by atoms with Gasteiger partial charge in [0.25, 0.3) is 0 Å². The van der Waals surface area contributed by atoms with E-state index in [2.05, 4.69) is 20.8 Å². The first-order chi connectivity index (χ1) is 19.4. The number of methoxy groups -OCH3 is 2. The molecule has 0 aromatic heterocycles. The van der Waals surface area contributed by atoms with Crippen molar-refractivity contribution in [2.75, 3.05) is 14.2 Å². The molecule has 3 aromatic carbocycles. The van der Waals surface area contributed by atoms with Crippen LogP contribution in [-0.2, 0) is 13.0 Å². The summed E-state index contributed by atoms with van der Waals surface area (Å²) in [4.78, 5) is 13.3. The predicted molar refractivity (Wildman–Crippen MR) is 162 cm³/mol. The number of ether oxygens (including phenoxy) is 3. The van der Waals surface area contributed by atoms with Gasteiger partial charge in [0.2, 0.25) is 5.78 Å². The van der Waals surface area contributed by atoms with Crippen LogP contribution < -0.4 is 14.2 Å². The van der Waals surface area contributed by atoms with Crippen molar-refractivity contribution in [3.05, 3.63) is 93.6 Å². The Morgan fingerprint density at radius 1 is 0.925 bits per heavy atom. The number of aromatic hydroxyl groups is 1. The van der Waals surface area contributed by atoms with Gasteiger partial charge < -0.3 is 19.3 Å². The van der Waals surface area contributed by atoms with Crippen molar-refractivity contribution in [1.29, 1.82) is 0 Å². The predicted octanol–water partition coefficient (Wildman–Crippen LogP) is 8.68. The smallest absolute Gasteiger partial charge is 0.201 e. The maximum absolute atomic E-state index is 13.3. The molecule has 3 aromatic rings. The first-order valence-electron chi connectivity index (χ1n) is 14.3. The lowest BCUT2D eigenvalue weighted by atomic mass is 9.83. The molecule has 214 valence electrons. The van der Waals surface area contributed by atoms with Crippen LogP contribution in [0.25, 0.3) is 0 Å². The van der Waals surface area contributed by atoms with E-state index >= 15 is 0 Å². The molecule has 0 saturated carbocycles. The minimum absolute atomic E-state index is 0.0590. The summed E-state index contributed by atoms with van der Waals surface area (Å²) in [6.07, 6.45) is 5.97. The summed E-state index contributed by atoms with van der Waals surface area (Å²) >= 11 is 0. The van der Waals surface area contributed by atoms with Crippen LogP contribution in [0.3, 0.4) is 0 Å². The third-order valence-electron chi connectivity index (χ3n) is 7.80. The van der Waals surface area contributed by atoms with Gasteiger partial charge in [-0.1, -0.05) is 62.2 Å². The second kappa shape index (κ2) is 14.6. The Labute approximate surface area is 239 Å². The highest BCUT2D eigenvalue weighted by Gasteiger charge is 2.32. The topological polar surface area (TPSA) is 65.0 Å². The summed E-state index contributed by atoms with van der Waals surface area (Å²) < 4.78 is 16.8. The number of ketones is 1. The summed E-state index contributed by atoms with van der Waals surface area (Å²) in [5.74, 6) is 2.19. The van der Waals surface area contributed by atoms with Crippen LogP contribution in [-0.4, -0.2) is 25.1 Å². The molecule has 40 heavy (non-hydrogen) atoms. The molecule has 5 nitrogen and oxygen atoms in total. The molecular formula is C35H44O5. The molecule has 0 saturated heterocycles. The Hall–Kier alpha value is -3.73. The van der Waals surface area contributed by atoms with Crippen LogP contribution in [0.4, 0.5) is 0 Å². The van der Waals surface area contributed by atoms with Gasteiger partial charge in [0.05, 0.1) is 25.3 Å². The van der Waals surface area contributed by atoms with Crippen LogP contribution in [0.2, 0.25) is 0 Å². The molecule has 0 bridgehead atoms. The van der Waals surface area contributed by atoms with Gasteiger partial charge in [-0.2, -0.15) is 0 Å². The fourth-order valence-corrected chi connectivity index (χ4v) is 5.45. The van der Waals surface area contributed by atoms with Gasteiger partial charge in [-0.15, -0.1) is 0 Å². The molecule has 1 atom stereocenters. The Balaban J connectivity index is 0.000000309. The molecule has 1 N–H and O–H groups in total. The van der Waals surface area contributed by atoms with Crippen LogP contribution >= 0.6 is 0 Å². The molecule has 0 radical (unpaired) electrons. The fourth-order valence-electron chi connectivity index (χ4n) is 5.45. The van der Waals surface area contributed by atoms with Gasteiger partial charge in [-0.25, -0.2) is 0 Å². The molecule has 5 heteroatoms. The van der Waals surface area contributed by atoms with Gasteiger partial charge in [-0.3, -0.25) is 4.79 Å². The SMILES string of the molecule is CC.CCC1CCCC(C)=C1C.COc1cc2c(c(OCc3ccccc3)c1)C(=O)c1c(O)ccc(OC)c1C2. The summed E-state index contributed by atoms with van der Waals surface area (Å²) in [5, 5.41) is 10.3. The Kier molecular flexibility index (Phi) is 11.2. The first kappa shape index (κ1) is 30.8. The van der Waals surface area contributed by atoms with Gasteiger partial charge in [0.15, 0.2) is 0 Å². The minimum Gasteiger partial charge on any atom is -0.507 e. The number of hydrogen-bond donors (Lipinski definition) is 1. The molecule has 2 aliphatic carbocycles. The fraction of sp³-hybridized carbons (Fsp3) is 0.400. The third kappa shape index (κ3) is 6.88. The normalized spacial score (nSPS) is 15.5. The molecule has 0 aliphatic heterocycles. The molecule has 0 amide bonds. The lowest BCUT2D eigenvalue weighted by Crippen LogP contribution is -2.18. The number of carbonyl (C=O) groups is 1. The Morgan fingerprint density at radius 3 is 2.27 bits per heavy atom. The van der Waals surface area contributed by atoms with Crippen molar-refractivity contribution < 1.29 is 24.1 Å². The molecule has 1 unspecified atom stereocenters.